The van der Waals surface area contributed by atoms with Crippen LogP contribution in [-0.2, 0) is 48.0 Å². The van der Waals surface area contributed by atoms with Crippen molar-refractivity contribution < 1.29 is 50.9 Å². The number of ether oxygens (including phenoxy) is 8. The highest BCUT2D eigenvalue weighted by Crippen LogP contribution is 2.10. The van der Waals surface area contributed by atoms with Crippen molar-refractivity contribution in [3.63, 3.8) is 0 Å². The summed E-state index contributed by atoms with van der Waals surface area (Å²) in [5, 5.41) is 0. The average Bonchev–Trinajstić information content (AvgIpc) is 2.94. The van der Waals surface area contributed by atoms with E-state index in [-0.39, 0.29) is 18.8 Å². The quantitative estimate of drug-likeness (QED) is 0.0798. The Morgan fingerprint density at radius 1 is 0.366 bits per heavy atom. The van der Waals surface area contributed by atoms with Crippen LogP contribution in [-0.4, -0.2) is 124 Å². The van der Waals surface area contributed by atoms with E-state index in [9.17, 15) is 8.42 Å². The molecule has 0 aliphatic rings. The fourth-order valence-electron chi connectivity index (χ4n) is 3.68. The molecule has 0 aliphatic heterocycles. The van der Waals surface area contributed by atoms with E-state index in [2.05, 4.69) is 6.92 Å². The Morgan fingerprint density at radius 3 is 0.902 bits per heavy atom. The summed E-state index contributed by atoms with van der Waals surface area (Å²) in [5.41, 5.74) is 0. The van der Waals surface area contributed by atoms with Crippen LogP contribution in [0.1, 0.15) is 77.6 Å². The molecule has 0 unspecified atom stereocenters. The number of hydrogen-bond donors (Lipinski definition) is 1. The van der Waals surface area contributed by atoms with Crippen LogP contribution in [0.15, 0.2) is 0 Å². The topological polar surface area (TPSA) is 128 Å². The summed E-state index contributed by atoms with van der Waals surface area (Å²) in [7, 11) is -3.91. The Labute approximate surface area is 249 Å². The number of unbranched alkanes of at least 4 members (excludes halogenated alkanes) is 9. The lowest BCUT2D eigenvalue weighted by Gasteiger charge is -2.08. The van der Waals surface area contributed by atoms with Gasteiger partial charge in [0, 0.05) is 13.2 Å². The van der Waals surface area contributed by atoms with Gasteiger partial charge < -0.3 is 37.9 Å². The Balaban J connectivity index is 3.05. The maximum absolute atomic E-state index is 10.5. The summed E-state index contributed by atoms with van der Waals surface area (Å²) in [6, 6.07) is 0. The van der Waals surface area contributed by atoms with Crippen LogP contribution >= 0.6 is 0 Å². The second-order valence-electron chi connectivity index (χ2n) is 9.72. The third kappa shape index (κ3) is 39.6. The summed E-state index contributed by atoms with van der Waals surface area (Å²) in [5.74, 6) is -0.295. The lowest BCUT2D eigenvalue weighted by atomic mass is 10.1. The lowest BCUT2D eigenvalue weighted by molar-refractivity contribution is -0.0231. The zero-order valence-electron chi connectivity index (χ0n) is 25.7. The van der Waals surface area contributed by atoms with Crippen molar-refractivity contribution in [1.29, 1.82) is 0 Å². The highest BCUT2D eigenvalue weighted by Gasteiger charge is 2.03. The summed E-state index contributed by atoms with van der Waals surface area (Å²) in [6.07, 6.45) is 13.6. The molecule has 0 aromatic carbocycles. The first-order chi connectivity index (χ1) is 20.1. The summed E-state index contributed by atoms with van der Waals surface area (Å²) in [4.78, 5) is 0. The van der Waals surface area contributed by atoms with Crippen molar-refractivity contribution in [2.45, 2.75) is 77.6 Å². The van der Waals surface area contributed by atoms with Gasteiger partial charge in [0.25, 0.3) is 10.1 Å². The first-order valence-corrected chi connectivity index (χ1v) is 17.2. The van der Waals surface area contributed by atoms with Crippen LogP contribution in [0.5, 0.6) is 0 Å². The Hall–Kier alpha value is -0.410. The molecule has 0 aromatic rings. The molecule has 0 saturated carbocycles. The van der Waals surface area contributed by atoms with E-state index in [0.29, 0.717) is 92.5 Å². The fraction of sp³-hybridized carbons (Fsp3) is 1.00. The molecule has 0 spiro atoms. The molecule has 11 nitrogen and oxygen atoms in total. The maximum Gasteiger partial charge on any atom is 0.264 e. The first-order valence-electron chi connectivity index (χ1n) is 15.6. The highest BCUT2D eigenvalue weighted by atomic mass is 32.2. The van der Waals surface area contributed by atoms with E-state index >= 15 is 0 Å². The largest absolute Gasteiger partial charge is 0.379 e. The van der Waals surface area contributed by atoms with Crippen LogP contribution < -0.4 is 0 Å². The SMILES string of the molecule is CCCCCCCCCCCCOCCOCCOCCOCCOCCOCCOCCOCCCS(=O)(=O)O. The minimum absolute atomic E-state index is 0.256. The Morgan fingerprint density at radius 2 is 0.610 bits per heavy atom. The maximum atomic E-state index is 10.5. The lowest BCUT2D eigenvalue weighted by Crippen LogP contribution is -2.15. The van der Waals surface area contributed by atoms with Gasteiger partial charge in [-0.15, -0.1) is 0 Å². The van der Waals surface area contributed by atoms with Gasteiger partial charge in [-0.1, -0.05) is 64.7 Å². The molecule has 12 heteroatoms. The zero-order chi connectivity index (χ0) is 30.0. The van der Waals surface area contributed by atoms with E-state index in [1.807, 2.05) is 0 Å². The molecule has 0 aromatic heterocycles. The molecule has 41 heavy (non-hydrogen) atoms. The molecule has 0 bridgehead atoms. The standard InChI is InChI=1S/C29H60O11S/c1-2-3-4-5-6-7-8-9-10-11-13-33-15-17-35-19-21-37-23-25-39-27-28-40-26-24-38-22-20-36-18-16-34-14-12-29-41(30,31)32/h2-29H2,1H3,(H,30,31,32). The molecule has 0 aliphatic carbocycles. The summed E-state index contributed by atoms with van der Waals surface area (Å²) < 4.78 is 73.2. The van der Waals surface area contributed by atoms with Gasteiger partial charge in [-0.2, -0.15) is 8.42 Å². The van der Waals surface area contributed by atoms with E-state index < -0.39 is 10.1 Å². The fourth-order valence-corrected chi connectivity index (χ4v) is 4.16. The second-order valence-corrected chi connectivity index (χ2v) is 11.3. The number of rotatable bonds is 36. The van der Waals surface area contributed by atoms with Crippen molar-refractivity contribution >= 4 is 10.1 Å². The van der Waals surface area contributed by atoms with Crippen molar-refractivity contribution in [2.24, 2.45) is 0 Å². The third-order valence-corrected chi connectivity index (χ3v) is 6.74. The van der Waals surface area contributed by atoms with Crippen LogP contribution in [0.2, 0.25) is 0 Å². The van der Waals surface area contributed by atoms with Gasteiger partial charge in [0.1, 0.15) is 0 Å². The molecule has 0 fully saturated rings. The predicted octanol–water partition coefficient (Wildman–Crippen LogP) is 4.32. The van der Waals surface area contributed by atoms with Crippen LogP contribution in [0, 0.1) is 0 Å². The van der Waals surface area contributed by atoms with Gasteiger partial charge >= 0.3 is 0 Å². The minimum Gasteiger partial charge on any atom is -0.379 e. The van der Waals surface area contributed by atoms with Crippen molar-refractivity contribution in [2.75, 3.05) is 111 Å². The Kier molecular flexibility index (Phi) is 33.7. The van der Waals surface area contributed by atoms with Gasteiger partial charge in [0.05, 0.1) is 98.2 Å². The normalized spacial score (nSPS) is 12.0. The van der Waals surface area contributed by atoms with E-state index in [1.165, 1.54) is 57.8 Å². The number of hydrogen-bond acceptors (Lipinski definition) is 10. The Bertz CT molecular complexity index is 593. The molecule has 0 saturated heterocycles. The molecule has 0 rings (SSSR count). The van der Waals surface area contributed by atoms with E-state index in [1.54, 1.807) is 0 Å². The smallest absolute Gasteiger partial charge is 0.264 e. The van der Waals surface area contributed by atoms with Gasteiger partial charge in [0.15, 0.2) is 0 Å². The minimum atomic E-state index is -3.91. The molecule has 0 amide bonds. The van der Waals surface area contributed by atoms with Gasteiger partial charge in [-0.3, -0.25) is 4.55 Å². The van der Waals surface area contributed by atoms with Crippen molar-refractivity contribution in [3.8, 4) is 0 Å². The van der Waals surface area contributed by atoms with Crippen molar-refractivity contribution in [1.82, 2.24) is 0 Å². The predicted molar refractivity (Wildman–Crippen MR) is 159 cm³/mol. The molecule has 0 radical (unpaired) electrons. The van der Waals surface area contributed by atoms with E-state index in [4.69, 9.17) is 42.4 Å². The summed E-state index contributed by atoms with van der Waals surface area (Å²) >= 11 is 0. The first kappa shape index (κ1) is 40.6. The van der Waals surface area contributed by atoms with E-state index in [0.717, 1.165) is 13.0 Å². The van der Waals surface area contributed by atoms with Gasteiger partial charge in [-0.25, -0.2) is 0 Å². The highest BCUT2D eigenvalue weighted by molar-refractivity contribution is 7.85. The molecule has 0 atom stereocenters. The molecule has 0 heterocycles. The summed E-state index contributed by atoms with van der Waals surface area (Å²) in [6.45, 7) is 10.3. The van der Waals surface area contributed by atoms with Crippen LogP contribution in [0.4, 0.5) is 0 Å². The monoisotopic (exact) mass is 616 g/mol. The second kappa shape index (κ2) is 34.1. The average molecular weight is 617 g/mol. The third-order valence-electron chi connectivity index (χ3n) is 5.94. The molecular formula is C29H60O11S. The molecule has 1 N–H and O–H groups in total. The van der Waals surface area contributed by atoms with Gasteiger partial charge in [0.2, 0.25) is 0 Å². The van der Waals surface area contributed by atoms with Crippen molar-refractivity contribution in [3.05, 3.63) is 0 Å². The zero-order valence-corrected chi connectivity index (χ0v) is 26.6. The molecule has 248 valence electrons. The molecular weight excluding hydrogens is 556 g/mol. The van der Waals surface area contributed by atoms with Gasteiger partial charge in [-0.05, 0) is 12.8 Å². The van der Waals surface area contributed by atoms with Crippen LogP contribution in [0.3, 0.4) is 0 Å². The van der Waals surface area contributed by atoms with Crippen LogP contribution in [0.25, 0.3) is 0 Å².